The van der Waals surface area contributed by atoms with Crippen molar-refractivity contribution in [2.75, 3.05) is 13.1 Å². The topological polar surface area (TPSA) is 98.9 Å². The predicted molar refractivity (Wildman–Crippen MR) is 124 cm³/mol. The van der Waals surface area contributed by atoms with Crippen LogP contribution in [-0.4, -0.2) is 36.1 Å². The molecule has 7 heteroatoms. The Hall–Kier alpha value is -2.80. The van der Waals surface area contributed by atoms with Crippen molar-refractivity contribution in [1.29, 1.82) is 0 Å². The summed E-state index contributed by atoms with van der Waals surface area (Å²) in [5.74, 6) is 1.99. The number of furan rings is 1. The van der Waals surface area contributed by atoms with E-state index < -0.39 is 5.60 Å². The average Bonchev–Trinajstić information content (AvgIpc) is 3.09. The van der Waals surface area contributed by atoms with E-state index in [-0.39, 0.29) is 18.5 Å². The Balaban J connectivity index is 2.06. The number of carbonyl (C=O) groups is 1. The monoisotopic (exact) mass is 428 g/mol. The highest BCUT2D eigenvalue weighted by atomic mass is 16.3. The molecule has 0 radical (unpaired) electrons. The molecule has 1 amide bonds. The average molecular weight is 429 g/mol. The molecule has 170 valence electrons. The number of benzene rings is 1. The van der Waals surface area contributed by atoms with Gasteiger partial charge in [0.25, 0.3) is 5.91 Å². The summed E-state index contributed by atoms with van der Waals surface area (Å²) < 4.78 is 5.56. The lowest BCUT2D eigenvalue weighted by atomic mass is 9.96. The molecule has 0 aliphatic carbocycles. The molecule has 4 N–H and O–H groups in total. The van der Waals surface area contributed by atoms with Gasteiger partial charge in [0.1, 0.15) is 17.1 Å². The van der Waals surface area contributed by atoms with E-state index in [1.807, 2.05) is 58.9 Å². The molecule has 1 heterocycles. The maximum atomic E-state index is 12.4. The Bertz CT molecular complexity index is 902. The number of nitrogens with zero attached hydrogens (tertiary/aromatic N) is 1. The summed E-state index contributed by atoms with van der Waals surface area (Å²) >= 11 is 0. The van der Waals surface area contributed by atoms with E-state index in [0.717, 1.165) is 23.3 Å². The van der Waals surface area contributed by atoms with Crippen molar-refractivity contribution in [2.45, 2.75) is 66.2 Å². The van der Waals surface area contributed by atoms with Gasteiger partial charge < -0.3 is 25.5 Å². The Morgan fingerprint density at radius 2 is 1.97 bits per heavy atom. The first kappa shape index (κ1) is 24.5. The quantitative estimate of drug-likeness (QED) is 0.362. The smallest absolute Gasteiger partial charge is 0.251 e. The van der Waals surface area contributed by atoms with Gasteiger partial charge in [0.05, 0.1) is 13.1 Å². The zero-order valence-electron chi connectivity index (χ0n) is 19.5. The Morgan fingerprint density at radius 1 is 1.23 bits per heavy atom. The van der Waals surface area contributed by atoms with E-state index >= 15 is 0 Å². The first-order valence-electron chi connectivity index (χ1n) is 10.9. The third-order valence-electron chi connectivity index (χ3n) is 5.16. The maximum absolute atomic E-state index is 12.4. The van der Waals surface area contributed by atoms with Gasteiger partial charge >= 0.3 is 0 Å². The standard InChI is InChI=1S/C24H36N4O3/c1-7-16(3)28-22(29)20-11-9-10-19(13-20)14-26-23(25-8-2)27-15-24(6,30)21-12-17(4)31-18(21)5/h9-13,16,30H,7-8,14-15H2,1-6H3,(H,28,29)(H2,25,26,27). The number of guanidine groups is 1. The van der Waals surface area contributed by atoms with Gasteiger partial charge in [-0.25, -0.2) is 4.99 Å². The SMILES string of the molecule is CCNC(=NCc1cccc(C(=O)NC(C)CC)c1)NCC(C)(O)c1cc(C)oc1C. The van der Waals surface area contributed by atoms with Gasteiger partial charge in [-0.3, -0.25) is 4.79 Å². The van der Waals surface area contributed by atoms with Crippen molar-refractivity contribution < 1.29 is 14.3 Å². The summed E-state index contributed by atoms with van der Waals surface area (Å²) in [5, 5.41) is 20.3. The number of carbonyl (C=O) groups excluding carboxylic acids is 1. The molecular formula is C24H36N4O3. The molecule has 7 nitrogen and oxygen atoms in total. The molecule has 2 rings (SSSR count). The Morgan fingerprint density at radius 3 is 2.58 bits per heavy atom. The molecule has 31 heavy (non-hydrogen) atoms. The number of aryl methyl sites for hydroxylation is 2. The van der Waals surface area contributed by atoms with Crippen LogP contribution in [0, 0.1) is 13.8 Å². The van der Waals surface area contributed by atoms with Gasteiger partial charge in [0.15, 0.2) is 5.96 Å². The molecule has 2 unspecified atom stereocenters. The van der Waals surface area contributed by atoms with Gasteiger partial charge in [-0.1, -0.05) is 19.1 Å². The molecule has 0 bridgehead atoms. The molecular weight excluding hydrogens is 392 g/mol. The fourth-order valence-electron chi connectivity index (χ4n) is 3.25. The summed E-state index contributed by atoms with van der Waals surface area (Å²) in [4.78, 5) is 17.0. The van der Waals surface area contributed by atoms with Crippen LogP contribution in [0.15, 0.2) is 39.7 Å². The molecule has 0 aliphatic rings. The summed E-state index contributed by atoms with van der Waals surface area (Å²) in [6.45, 7) is 12.8. The molecule has 0 fully saturated rings. The third kappa shape index (κ3) is 7.14. The summed E-state index contributed by atoms with van der Waals surface area (Å²) in [6.07, 6.45) is 0.884. The number of rotatable bonds is 9. The van der Waals surface area contributed by atoms with Crippen LogP contribution in [0.3, 0.4) is 0 Å². The van der Waals surface area contributed by atoms with Crippen LogP contribution in [0.5, 0.6) is 0 Å². The summed E-state index contributed by atoms with van der Waals surface area (Å²) in [6, 6.07) is 9.47. The Labute approximate surface area is 185 Å². The summed E-state index contributed by atoms with van der Waals surface area (Å²) in [5.41, 5.74) is 1.21. The zero-order valence-corrected chi connectivity index (χ0v) is 19.5. The number of hydrogen-bond donors (Lipinski definition) is 4. The van der Waals surface area contributed by atoms with E-state index in [2.05, 4.69) is 20.9 Å². The van der Waals surface area contributed by atoms with E-state index in [1.54, 1.807) is 13.0 Å². The van der Waals surface area contributed by atoms with Crippen molar-refractivity contribution >= 4 is 11.9 Å². The van der Waals surface area contributed by atoms with Gasteiger partial charge in [0.2, 0.25) is 0 Å². The number of amides is 1. The van der Waals surface area contributed by atoms with E-state index in [4.69, 9.17) is 4.42 Å². The van der Waals surface area contributed by atoms with E-state index in [0.29, 0.717) is 30.4 Å². The highest BCUT2D eigenvalue weighted by molar-refractivity contribution is 5.94. The van der Waals surface area contributed by atoms with Gasteiger partial charge in [0, 0.05) is 23.7 Å². The third-order valence-corrected chi connectivity index (χ3v) is 5.16. The lowest BCUT2D eigenvalue weighted by Gasteiger charge is -2.24. The van der Waals surface area contributed by atoms with E-state index in [9.17, 15) is 9.90 Å². The van der Waals surface area contributed by atoms with Crippen LogP contribution >= 0.6 is 0 Å². The number of aliphatic hydroxyl groups is 1. The lowest BCUT2D eigenvalue weighted by Crippen LogP contribution is -2.44. The normalized spacial score (nSPS) is 14.6. The number of nitrogens with one attached hydrogen (secondary N) is 3. The van der Waals surface area contributed by atoms with Crippen LogP contribution in [-0.2, 0) is 12.1 Å². The maximum Gasteiger partial charge on any atom is 0.251 e. The number of aliphatic imine (C=N–C) groups is 1. The van der Waals surface area contributed by atoms with Crippen molar-refractivity contribution in [3.05, 3.63) is 58.5 Å². The first-order chi connectivity index (χ1) is 14.7. The molecule has 0 spiro atoms. The minimum Gasteiger partial charge on any atom is -0.466 e. The first-order valence-corrected chi connectivity index (χ1v) is 10.9. The van der Waals surface area contributed by atoms with Crippen molar-refractivity contribution in [1.82, 2.24) is 16.0 Å². The van der Waals surface area contributed by atoms with E-state index in [1.165, 1.54) is 0 Å². The van der Waals surface area contributed by atoms with Crippen LogP contribution < -0.4 is 16.0 Å². The molecule has 0 saturated carbocycles. The van der Waals surface area contributed by atoms with Gasteiger partial charge in [-0.2, -0.15) is 0 Å². The molecule has 1 aromatic carbocycles. The summed E-state index contributed by atoms with van der Waals surface area (Å²) in [7, 11) is 0. The zero-order chi connectivity index (χ0) is 23.0. The molecule has 0 saturated heterocycles. The van der Waals surface area contributed by atoms with Gasteiger partial charge in [-0.05, 0) is 64.8 Å². The lowest BCUT2D eigenvalue weighted by molar-refractivity contribution is 0.0601. The second kappa shape index (κ2) is 11.0. The minimum atomic E-state index is -1.11. The Kier molecular flexibility index (Phi) is 8.68. The highest BCUT2D eigenvalue weighted by Gasteiger charge is 2.27. The predicted octanol–water partition coefficient (Wildman–Crippen LogP) is 3.39. The van der Waals surface area contributed by atoms with Crippen LogP contribution in [0.2, 0.25) is 0 Å². The largest absolute Gasteiger partial charge is 0.466 e. The molecule has 2 aromatic rings. The van der Waals surface area contributed by atoms with Crippen LogP contribution in [0.4, 0.5) is 0 Å². The van der Waals surface area contributed by atoms with Crippen molar-refractivity contribution in [3.8, 4) is 0 Å². The van der Waals surface area contributed by atoms with Crippen molar-refractivity contribution in [3.63, 3.8) is 0 Å². The molecule has 1 aromatic heterocycles. The van der Waals surface area contributed by atoms with Crippen molar-refractivity contribution in [2.24, 2.45) is 4.99 Å². The fourth-order valence-corrected chi connectivity index (χ4v) is 3.25. The second-order valence-electron chi connectivity index (χ2n) is 8.13. The molecule has 0 aliphatic heterocycles. The van der Waals surface area contributed by atoms with Crippen LogP contribution in [0.1, 0.15) is 67.1 Å². The fraction of sp³-hybridized carbons (Fsp3) is 0.500. The highest BCUT2D eigenvalue weighted by Crippen LogP contribution is 2.26. The molecule has 2 atom stereocenters. The minimum absolute atomic E-state index is 0.0768. The second-order valence-corrected chi connectivity index (χ2v) is 8.13. The van der Waals surface area contributed by atoms with Crippen LogP contribution in [0.25, 0.3) is 0 Å². The van der Waals surface area contributed by atoms with Gasteiger partial charge in [-0.15, -0.1) is 0 Å². The number of hydrogen-bond acceptors (Lipinski definition) is 4.